The zero-order valence-electron chi connectivity index (χ0n) is 13.1. The minimum atomic E-state index is -0.719. The van der Waals surface area contributed by atoms with Gasteiger partial charge >= 0.3 is 0 Å². The van der Waals surface area contributed by atoms with Crippen molar-refractivity contribution in [1.82, 2.24) is 4.90 Å². The fraction of sp³-hybridized carbons (Fsp3) is 0.375. The number of aliphatic hydroxyl groups excluding tert-OH is 1. The number of nitrogens with zero attached hydrogens (tertiary/aromatic N) is 2. The average Bonchev–Trinajstić information content (AvgIpc) is 2.71. The Kier molecular flexibility index (Phi) is 4.49. The molecule has 2 rings (SSSR count). The molecule has 7 heteroatoms. The summed E-state index contributed by atoms with van der Waals surface area (Å²) in [4.78, 5) is 35.8. The zero-order chi connectivity index (χ0) is 17.3. The number of amides is 1. The van der Waals surface area contributed by atoms with Crippen molar-refractivity contribution in [2.75, 3.05) is 6.54 Å². The molecule has 1 N–H and O–H groups in total. The summed E-state index contributed by atoms with van der Waals surface area (Å²) < 4.78 is 0. The molecule has 1 aliphatic rings. The average molecular weight is 318 g/mol. The Morgan fingerprint density at radius 1 is 1.35 bits per heavy atom. The zero-order valence-corrected chi connectivity index (χ0v) is 13.1. The molecule has 1 aromatic rings. The van der Waals surface area contributed by atoms with Crippen LogP contribution >= 0.6 is 0 Å². The lowest BCUT2D eigenvalue weighted by atomic mass is 9.96. The van der Waals surface area contributed by atoms with E-state index >= 15 is 0 Å². The molecule has 0 radical (unpaired) electrons. The highest BCUT2D eigenvalue weighted by molar-refractivity contribution is 6.08. The van der Waals surface area contributed by atoms with Crippen LogP contribution in [-0.2, 0) is 9.59 Å². The van der Waals surface area contributed by atoms with Gasteiger partial charge in [-0.2, -0.15) is 0 Å². The maximum atomic E-state index is 12.3. The number of carbonyl (C=O) groups is 2. The molecular weight excluding hydrogens is 300 g/mol. The number of carbonyl (C=O) groups excluding carboxylic acids is 2. The van der Waals surface area contributed by atoms with Crippen LogP contribution in [-0.4, -0.2) is 33.2 Å². The molecule has 1 aliphatic heterocycles. The largest absolute Gasteiger partial charge is 0.503 e. The van der Waals surface area contributed by atoms with Crippen molar-refractivity contribution in [3.8, 4) is 0 Å². The molecule has 0 aliphatic carbocycles. The summed E-state index contributed by atoms with van der Waals surface area (Å²) in [5, 5.41) is 20.8. The van der Waals surface area contributed by atoms with Crippen LogP contribution in [0.15, 0.2) is 35.6 Å². The first-order chi connectivity index (χ1) is 10.7. The molecule has 0 saturated heterocycles. The van der Waals surface area contributed by atoms with Gasteiger partial charge in [-0.25, -0.2) is 0 Å². The lowest BCUT2D eigenvalue weighted by Crippen LogP contribution is -2.34. The molecule has 1 amide bonds. The van der Waals surface area contributed by atoms with E-state index in [1.165, 1.54) is 36.1 Å². The lowest BCUT2D eigenvalue weighted by molar-refractivity contribution is -0.384. The Labute approximate surface area is 133 Å². The number of ketones is 1. The predicted octanol–water partition coefficient (Wildman–Crippen LogP) is 2.54. The van der Waals surface area contributed by atoms with Crippen LogP contribution in [0.1, 0.15) is 32.4 Å². The molecule has 122 valence electrons. The van der Waals surface area contributed by atoms with Crippen molar-refractivity contribution in [3.63, 3.8) is 0 Å². The van der Waals surface area contributed by atoms with E-state index in [9.17, 15) is 24.8 Å². The van der Waals surface area contributed by atoms with Gasteiger partial charge in [-0.1, -0.05) is 13.8 Å². The molecule has 1 heterocycles. The van der Waals surface area contributed by atoms with Crippen LogP contribution in [0.3, 0.4) is 0 Å². The Hall–Kier alpha value is -2.70. The van der Waals surface area contributed by atoms with Crippen molar-refractivity contribution >= 4 is 17.4 Å². The van der Waals surface area contributed by atoms with Gasteiger partial charge in [-0.05, 0) is 30.5 Å². The summed E-state index contributed by atoms with van der Waals surface area (Å²) in [6, 6.07) is 4.93. The second-order valence-electron chi connectivity index (χ2n) is 5.92. The number of Topliss-reactive ketones (excluding diaryl/α,β-unsaturated/α-hetero) is 1. The van der Waals surface area contributed by atoms with Gasteiger partial charge in [0.05, 0.1) is 16.5 Å². The van der Waals surface area contributed by atoms with Gasteiger partial charge in [0.25, 0.3) is 11.6 Å². The van der Waals surface area contributed by atoms with Gasteiger partial charge in [-0.3, -0.25) is 19.7 Å². The highest BCUT2D eigenvalue weighted by atomic mass is 16.6. The van der Waals surface area contributed by atoms with Crippen LogP contribution in [0, 0.1) is 16.0 Å². The lowest BCUT2D eigenvalue weighted by Gasteiger charge is -2.28. The number of nitro benzene ring substituents is 1. The predicted molar refractivity (Wildman–Crippen MR) is 82.7 cm³/mol. The van der Waals surface area contributed by atoms with Crippen LogP contribution < -0.4 is 0 Å². The van der Waals surface area contributed by atoms with E-state index in [2.05, 4.69) is 0 Å². The summed E-state index contributed by atoms with van der Waals surface area (Å²) in [6.45, 7) is 5.49. The normalized spacial score (nSPS) is 18.0. The number of nitro groups is 1. The number of rotatable bonds is 5. The fourth-order valence-electron chi connectivity index (χ4n) is 2.72. The highest BCUT2D eigenvalue weighted by Crippen LogP contribution is 2.38. The highest BCUT2D eigenvalue weighted by Gasteiger charge is 2.42. The van der Waals surface area contributed by atoms with Crippen molar-refractivity contribution in [3.05, 3.63) is 51.3 Å². The molecular formula is C16H18N2O5. The Bertz CT molecular complexity index is 691. The molecule has 0 bridgehead atoms. The summed E-state index contributed by atoms with van der Waals surface area (Å²) in [7, 11) is 0. The SMILES string of the molecule is CC(=O)C1=C(O)C(=O)N(CC(C)C)C1c1ccc([N+](=O)[O-])cc1. The molecule has 23 heavy (non-hydrogen) atoms. The van der Waals surface area contributed by atoms with Gasteiger partial charge in [0.1, 0.15) is 0 Å². The van der Waals surface area contributed by atoms with E-state index in [0.29, 0.717) is 12.1 Å². The standard InChI is InChI=1S/C16H18N2O5/c1-9(2)8-17-14(13(10(3)19)15(20)16(17)21)11-4-6-12(7-5-11)18(22)23/h4-7,9,14,20H,8H2,1-3H3. The van der Waals surface area contributed by atoms with E-state index in [1.807, 2.05) is 13.8 Å². The third kappa shape index (κ3) is 3.08. The van der Waals surface area contributed by atoms with Crippen LogP contribution in [0.5, 0.6) is 0 Å². The minimum Gasteiger partial charge on any atom is -0.503 e. The Morgan fingerprint density at radius 2 is 1.91 bits per heavy atom. The molecule has 1 atom stereocenters. The second kappa shape index (κ2) is 6.20. The van der Waals surface area contributed by atoms with Gasteiger partial charge in [0.15, 0.2) is 11.5 Å². The molecule has 0 saturated carbocycles. The number of non-ortho nitro benzene ring substituents is 1. The minimum absolute atomic E-state index is 0.0319. The number of hydrogen-bond acceptors (Lipinski definition) is 5. The quantitative estimate of drug-likeness (QED) is 0.664. The first kappa shape index (κ1) is 16.7. The summed E-state index contributed by atoms with van der Waals surface area (Å²) in [6.07, 6.45) is 0. The summed E-state index contributed by atoms with van der Waals surface area (Å²) >= 11 is 0. The monoisotopic (exact) mass is 318 g/mol. The molecule has 7 nitrogen and oxygen atoms in total. The molecule has 1 aromatic carbocycles. The van der Waals surface area contributed by atoms with Crippen LogP contribution in [0.4, 0.5) is 5.69 Å². The number of benzene rings is 1. The van der Waals surface area contributed by atoms with E-state index in [0.717, 1.165) is 0 Å². The van der Waals surface area contributed by atoms with Crippen LogP contribution in [0.2, 0.25) is 0 Å². The van der Waals surface area contributed by atoms with Crippen LogP contribution in [0.25, 0.3) is 0 Å². The van der Waals surface area contributed by atoms with Crippen molar-refractivity contribution in [2.24, 2.45) is 5.92 Å². The fourth-order valence-corrected chi connectivity index (χ4v) is 2.72. The molecule has 0 fully saturated rings. The molecule has 0 spiro atoms. The van der Waals surface area contributed by atoms with E-state index in [-0.39, 0.29) is 17.2 Å². The van der Waals surface area contributed by atoms with E-state index in [4.69, 9.17) is 0 Å². The third-order valence-electron chi connectivity index (χ3n) is 3.66. The summed E-state index contributed by atoms with van der Waals surface area (Å²) in [5.74, 6) is -1.39. The first-order valence-electron chi connectivity index (χ1n) is 7.23. The first-order valence-corrected chi connectivity index (χ1v) is 7.23. The third-order valence-corrected chi connectivity index (χ3v) is 3.66. The van der Waals surface area contributed by atoms with Crippen molar-refractivity contribution in [1.29, 1.82) is 0 Å². The summed E-state index contributed by atoms with van der Waals surface area (Å²) in [5.41, 5.74) is 0.509. The maximum Gasteiger partial charge on any atom is 0.290 e. The topological polar surface area (TPSA) is 101 Å². The van der Waals surface area contributed by atoms with Gasteiger partial charge in [0.2, 0.25) is 0 Å². The Morgan fingerprint density at radius 3 is 2.35 bits per heavy atom. The number of aliphatic hydroxyl groups is 1. The molecule has 0 aromatic heterocycles. The number of hydrogen-bond donors (Lipinski definition) is 1. The maximum absolute atomic E-state index is 12.3. The van der Waals surface area contributed by atoms with Crippen molar-refractivity contribution < 1.29 is 19.6 Å². The van der Waals surface area contributed by atoms with E-state index < -0.39 is 28.4 Å². The Balaban J connectivity index is 2.50. The second-order valence-corrected chi connectivity index (χ2v) is 5.92. The molecule has 1 unspecified atom stereocenters. The van der Waals surface area contributed by atoms with Gasteiger partial charge in [0, 0.05) is 18.7 Å². The van der Waals surface area contributed by atoms with E-state index in [1.54, 1.807) is 0 Å². The van der Waals surface area contributed by atoms with Gasteiger partial charge < -0.3 is 10.0 Å². The van der Waals surface area contributed by atoms with Gasteiger partial charge in [-0.15, -0.1) is 0 Å². The van der Waals surface area contributed by atoms with Crippen molar-refractivity contribution in [2.45, 2.75) is 26.8 Å². The smallest absolute Gasteiger partial charge is 0.290 e.